The van der Waals surface area contributed by atoms with Gasteiger partial charge in [0.2, 0.25) is 11.8 Å². The van der Waals surface area contributed by atoms with Gasteiger partial charge in [-0.05, 0) is 80.5 Å². The average Bonchev–Trinajstić information content (AvgIpc) is 3.22. The van der Waals surface area contributed by atoms with Gasteiger partial charge in [-0.3, -0.25) is 9.59 Å². The number of carbonyl (C=O) groups excluding carboxylic acids is 2. The Balaban J connectivity index is 1.10. The Bertz CT molecular complexity index is 855. The van der Waals surface area contributed by atoms with Gasteiger partial charge in [0.25, 0.3) is 0 Å². The van der Waals surface area contributed by atoms with Gasteiger partial charge in [-0.25, -0.2) is 9.67 Å². The SMILES string of the molecule is O=C(CCNC(=O)C12CC3CC(CC(C3)C1)C2)Nc1ccc(-n2cncn2)cc1. The summed E-state index contributed by atoms with van der Waals surface area (Å²) < 4.78 is 1.66. The molecule has 0 aliphatic heterocycles. The highest BCUT2D eigenvalue weighted by molar-refractivity contribution is 5.91. The molecular formula is C22H27N5O2. The predicted molar refractivity (Wildman–Crippen MR) is 108 cm³/mol. The zero-order valence-electron chi connectivity index (χ0n) is 16.5. The first-order valence-corrected chi connectivity index (χ1v) is 10.6. The Kier molecular flexibility index (Phi) is 4.60. The summed E-state index contributed by atoms with van der Waals surface area (Å²) >= 11 is 0. The van der Waals surface area contributed by atoms with Crippen molar-refractivity contribution in [2.45, 2.75) is 44.9 Å². The van der Waals surface area contributed by atoms with E-state index < -0.39 is 0 Å². The number of benzene rings is 1. The third-order valence-electron chi connectivity index (χ3n) is 6.99. The second-order valence-corrected chi connectivity index (χ2v) is 9.14. The first kappa shape index (κ1) is 18.3. The Morgan fingerprint density at radius 3 is 2.28 bits per heavy atom. The molecule has 1 heterocycles. The molecule has 6 rings (SSSR count). The molecule has 4 fully saturated rings. The topological polar surface area (TPSA) is 88.9 Å². The van der Waals surface area contributed by atoms with Crippen LogP contribution in [0.3, 0.4) is 0 Å². The summed E-state index contributed by atoms with van der Waals surface area (Å²) in [6, 6.07) is 7.42. The zero-order chi connectivity index (χ0) is 19.8. The second-order valence-electron chi connectivity index (χ2n) is 9.14. The molecule has 0 spiro atoms. The molecule has 152 valence electrons. The smallest absolute Gasteiger partial charge is 0.226 e. The molecule has 7 heteroatoms. The van der Waals surface area contributed by atoms with Crippen molar-refractivity contribution < 1.29 is 9.59 Å². The van der Waals surface area contributed by atoms with Crippen molar-refractivity contribution in [2.75, 3.05) is 11.9 Å². The molecule has 29 heavy (non-hydrogen) atoms. The van der Waals surface area contributed by atoms with Crippen LogP contribution in [0.5, 0.6) is 0 Å². The van der Waals surface area contributed by atoms with Crippen LogP contribution in [0.4, 0.5) is 5.69 Å². The molecule has 0 radical (unpaired) electrons. The maximum atomic E-state index is 12.9. The number of hydrogen-bond acceptors (Lipinski definition) is 4. The zero-order valence-corrected chi connectivity index (χ0v) is 16.5. The Morgan fingerprint density at radius 1 is 1.03 bits per heavy atom. The minimum atomic E-state index is -0.150. The van der Waals surface area contributed by atoms with Gasteiger partial charge in [0, 0.05) is 24.1 Å². The molecule has 2 N–H and O–H groups in total. The molecule has 0 atom stereocenters. The average molecular weight is 393 g/mol. The van der Waals surface area contributed by atoms with Crippen LogP contribution in [0.1, 0.15) is 44.9 Å². The molecule has 2 aromatic rings. The van der Waals surface area contributed by atoms with Gasteiger partial charge in [-0.2, -0.15) is 5.10 Å². The number of nitrogens with zero attached hydrogens (tertiary/aromatic N) is 3. The summed E-state index contributed by atoms with van der Waals surface area (Å²) in [5, 5.41) is 10.0. The van der Waals surface area contributed by atoms with E-state index >= 15 is 0 Å². The van der Waals surface area contributed by atoms with E-state index in [-0.39, 0.29) is 23.7 Å². The molecule has 7 nitrogen and oxygen atoms in total. The van der Waals surface area contributed by atoms with Crippen molar-refractivity contribution >= 4 is 17.5 Å². The molecule has 4 aliphatic carbocycles. The van der Waals surface area contributed by atoms with Crippen LogP contribution in [-0.4, -0.2) is 33.1 Å². The standard InChI is InChI=1S/C22H27N5O2/c28-20(26-18-1-3-19(4-2-18)27-14-23-13-25-27)5-6-24-21(29)22-10-15-7-16(11-22)9-17(8-15)12-22/h1-4,13-17H,5-12H2,(H,24,29)(H,26,28). The van der Waals surface area contributed by atoms with Crippen LogP contribution in [0.2, 0.25) is 0 Å². The molecular weight excluding hydrogens is 366 g/mol. The fraction of sp³-hybridized carbons (Fsp3) is 0.545. The maximum absolute atomic E-state index is 12.9. The Morgan fingerprint density at radius 2 is 1.69 bits per heavy atom. The van der Waals surface area contributed by atoms with Crippen molar-refractivity contribution in [1.82, 2.24) is 20.1 Å². The first-order valence-electron chi connectivity index (χ1n) is 10.6. The van der Waals surface area contributed by atoms with E-state index in [2.05, 4.69) is 20.7 Å². The van der Waals surface area contributed by atoms with E-state index in [9.17, 15) is 9.59 Å². The van der Waals surface area contributed by atoms with Crippen molar-refractivity contribution in [1.29, 1.82) is 0 Å². The van der Waals surface area contributed by atoms with E-state index in [1.807, 2.05) is 24.3 Å². The quantitative estimate of drug-likeness (QED) is 0.790. The number of anilines is 1. The lowest BCUT2D eigenvalue weighted by molar-refractivity contribution is -0.146. The maximum Gasteiger partial charge on any atom is 0.226 e. The normalized spacial score (nSPS) is 29.6. The largest absolute Gasteiger partial charge is 0.355 e. The van der Waals surface area contributed by atoms with Gasteiger partial charge in [0.05, 0.1) is 5.69 Å². The van der Waals surface area contributed by atoms with Crippen molar-refractivity contribution in [3.63, 3.8) is 0 Å². The van der Waals surface area contributed by atoms with E-state index in [4.69, 9.17) is 0 Å². The van der Waals surface area contributed by atoms with Gasteiger partial charge in [-0.1, -0.05) is 0 Å². The number of amides is 2. The fourth-order valence-corrected chi connectivity index (χ4v) is 6.13. The van der Waals surface area contributed by atoms with E-state index in [1.165, 1.54) is 25.6 Å². The van der Waals surface area contributed by atoms with Crippen LogP contribution < -0.4 is 10.6 Å². The Labute approximate surface area is 170 Å². The number of carbonyl (C=O) groups is 2. The number of aromatic nitrogens is 3. The highest BCUT2D eigenvalue weighted by Crippen LogP contribution is 2.60. The van der Waals surface area contributed by atoms with Crippen LogP contribution in [0, 0.1) is 23.2 Å². The van der Waals surface area contributed by atoms with Crippen LogP contribution in [-0.2, 0) is 9.59 Å². The summed E-state index contributed by atoms with van der Waals surface area (Å²) in [6.07, 6.45) is 10.5. The number of hydrogen-bond donors (Lipinski definition) is 2. The lowest BCUT2D eigenvalue weighted by atomic mass is 9.49. The summed E-state index contributed by atoms with van der Waals surface area (Å²) in [5.74, 6) is 2.33. The monoisotopic (exact) mass is 393 g/mol. The van der Waals surface area contributed by atoms with Crippen LogP contribution in [0.25, 0.3) is 5.69 Å². The summed E-state index contributed by atoms with van der Waals surface area (Å²) in [6.45, 7) is 0.392. The molecule has 4 aliphatic rings. The van der Waals surface area contributed by atoms with Gasteiger partial charge in [0.15, 0.2) is 0 Å². The van der Waals surface area contributed by atoms with E-state index in [0.717, 1.165) is 48.4 Å². The molecule has 1 aromatic heterocycles. The Hall–Kier alpha value is -2.70. The summed E-state index contributed by atoms with van der Waals surface area (Å²) in [7, 11) is 0. The highest BCUT2D eigenvalue weighted by atomic mass is 16.2. The van der Waals surface area contributed by atoms with Gasteiger partial charge < -0.3 is 10.6 Å². The van der Waals surface area contributed by atoms with Crippen molar-refractivity contribution in [2.24, 2.45) is 23.2 Å². The van der Waals surface area contributed by atoms with Crippen LogP contribution >= 0.6 is 0 Å². The summed E-state index contributed by atoms with van der Waals surface area (Å²) in [5.41, 5.74) is 1.46. The van der Waals surface area contributed by atoms with E-state index in [0.29, 0.717) is 6.54 Å². The van der Waals surface area contributed by atoms with Gasteiger partial charge >= 0.3 is 0 Å². The van der Waals surface area contributed by atoms with Crippen molar-refractivity contribution in [3.05, 3.63) is 36.9 Å². The molecule has 4 bridgehead atoms. The highest BCUT2D eigenvalue weighted by Gasteiger charge is 2.54. The lowest BCUT2D eigenvalue weighted by Crippen LogP contribution is -2.53. The molecule has 4 saturated carbocycles. The van der Waals surface area contributed by atoms with Crippen molar-refractivity contribution in [3.8, 4) is 5.69 Å². The van der Waals surface area contributed by atoms with Gasteiger partial charge in [-0.15, -0.1) is 0 Å². The first-order chi connectivity index (χ1) is 14.1. The molecule has 0 saturated heterocycles. The fourth-order valence-electron chi connectivity index (χ4n) is 6.13. The third kappa shape index (κ3) is 3.66. The third-order valence-corrected chi connectivity index (χ3v) is 6.99. The van der Waals surface area contributed by atoms with Crippen LogP contribution in [0.15, 0.2) is 36.9 Å². The molecule has 0 unspecified atom stereocenters. The van der Waals surface area contributed by atoms with Gasteiger partial charge in [0.1, 0.15) is 12.7 Å². The number of nitrogens with one attached hydrogen (secondary N) is 2. The second kappa shape index (κ2) is 7.28. The predicted octanol–water partition coefficient (Wildman–Crippen LogP) is 2.93. The molecule has 1 aromatic carbocycles. The molecule has 2 amide bonds. The minimum Gasteiger partial charge on any atom is -0.355 e. The number of rotatable bonds is 6. The lowest BCUT2D eigenvalue weighted by Gasteiger charge is -2.55. The minimum absolute atomic E-state index is 0.0932. The van der Waals surface area contributed by atoms with E-state index in [1.54, 1.807) is 11.0 Å². The summed E-state index contributed by atoms with van der Waals surface area (Å²) in [4.78, 5) is 29.1.